The second kappa shape index (κ2) is 9.40. The summed E-state index contributed by atoms with van der Waals surface area (Å²) in [4.78, 5) is 0. The number of hydrogen-bond acceptors (Lipinski definition) is 0. The summed E-state index contributed by atoms with van der Waals surface area (Å²) in [6.45, 7) is 1.97. The van der Waals surface area contributed by atoms with Crippen LogP contribution in [0, 0.1) is 0 Å². The summed E-state index contributed by atoms with van der Waals surface area (Å²) in [6, 6.07) is 32.3. The molecule has 0 aliphatic carbocycles. The van der Waals surface area contributed by atoms with Gasteiger partial charge in [-0.05, 0) is 12.1 Å². The van der Waals surface area contributed by atoms with Crippen LogP contribution in [-0.4, -0.2) is 26.5 Å². The van der Waals surface area contributed by atoms with Crippen LogP contribution in [0.2, 0.25) is 0 Å². The van der Waals surface area contributed by atoms with E-state index >= 15 is 0 Å². The van der Waals surface area contributed by atoms with Crippen LogP contribution in [0.3, 0.4) is 0 Å². The van der Waals surface area contributed by atoms with Crippen molar-refractivity contribution in [2.75, 3.05) is 7.05 Å². The van der Waals surface area contributed by atoms with Crippen molar-refractivity contribution in [3.05, 3.63) is 102 Å². The van der Waals surface area contributed by atoms with Crippen LogP contribution >= 0.6 is 7.81 Å². The van der Waals surface area contributed by atoms with Crippen molar-refractivity contribution in [3.8, 4) is 0 Å². The topological polar surface area (TPSA) is 0 Å². The minimum absolute atomic E-state index is 0.870. The summed E-state index contributed by atoms with van der Waals surface area (Å²) < 4.78 is 120. The Morgan fingerprint density at radius 3 is 1.00 bits per heavy atom. The molecule has 0 saturated carbocycles. The van der Waals surface area contributed by atoms with Crippen LogP contribution < -0.4 is 4.48 Å². The van der Waals surface area contributed by atoms with Gasteiger partial charge in [-0.2, -0.15) is 0 Å². The predicted octanol–water partition coefficient (Wildman–Crippen LogP) is 10.5. The fraction of sp³-hybridized carbons (Fsp3) is 0.143. The Labute approximate surface area is 201 Å². The van der Waals surface area contributed by atoms with Gasteiger partial charge in [-0.3, -0.25) is 4.48 Å². The molecule has 0 heterocycles. The summed E-state index contributed by atoms with van der Waals surface area (Å²) in [5, 5.41) is 0. The molecule has 206 valence electrons. The van der Waals surface area contributed by atoms with Crippen molar-refractivity contribution < 1.29 is 42.1 Å². The first-order valence-corrected chi connectivity index (χ1v) is 17.6. The monoisotopic (exact) mass is 668 g/mol. The number of quaternary nitrogens is 1. The summed E-state index contributed by atoms with van der Waals surface area (Å²) in [6.07, 6.45) is 0. The summed E-state index contributed by atoms with van der Waals surface area (Å²) in [5.41, 5.74) is 4.07. The first kappa shape index (κ1) is 32.1. The molecule has 0 atom stereocenters. The number of para-hydroxylation sites is 1. The maximum absolute atomic E-state index is 11.2. The molecular weight excluding hydrogens is 647 g/mol. The molecule has 0 N–H and O–H groups in total. The molecule has 1 nitrogen and oxygen atoms in total. The first-order chi connectivity index (χ1) is 15.7. The van der Waals surface area contributed by atoms with Gasteiger partial charge in [0.1, 0.15) is 18.8 Å². The quantitative estimate of drug-likeness (QED) is 0.110. The summed E-state index contributed by atoms with van der Waals surface area (Å²) in [7, 11) is -8.34. The third-order valence-corrected chi connectivity index (χ3v) is 4.13. The Morgan fingerprint density at radius 2 is 0.750 bits per heavy atom. The van der Waals surface area contributed by atoms with E-state index in [2.05, 4.69) is 98.0 Å². The van der Waals surface area contributed by atoms with Gasteiger partial charge >= 0.3 is 69.3 Å². The summed E-state index contributed by atoms with van der Waals surface area (Å²) >= 11 is -11.2. The number of halogens is 12. The van der Waals surface area contributed by atoms with Crippen molar-refractivity contribution >= 4 is 33.0 Å². The van der Waals surface area contributed by atoms with Crippen molar-refractivity contribution in [3.63, 3.8) is 0 Å². The molecule has 0 aliphatic heterocycles. The van der Waals surface area contributed by atoms with Crippen LogP contribution in [0.5, 0.6) is 0 Å². The molecule has 0 fully saturated rings. The zero-order valence-electron chi connectivity index (χ0n) is 18.5. The molecule has 3 aromatic rings. The predicted molar refractivity (Wildman–Crippen MR) is 120 cm³/mol. The average Bonchev–Trinajstić information content (AvgIpc) is 2.65. The Morgan fingerprint density at radius 1 is 0.528 bits per heavy atom. The molecule has 0 bridgehead atoms. The maximum atomic E-state index is 9.93. The van der Waals surface area contributed by atoms with E-state index in [0.717, 1.165) is 17.6 Å². The van der Waals surface area contributed by atoms with Crippen LogP contribution in [0.25, 0.3) is 0 Å². The van der Waals surface area contributed by atoms with E-state index < -0.39 is 27.3 Å². The molecule has 0 unspecified atom stereocenters. The SMILES string of the molecule is C[N+](Cc1ccccc1)(Cc1ccccc1)c1ccccc1.F[P-](F)(F)(F)(F)F.[F][Sb-]([F])([F])([F])([F])[F]. The Kier molecular flexibility index (Phi) is 8.37. The van der Waals surface area contributed by atoms with Crippen LogP contribution in [0.1, 0.15) is 11.1 Å². The molecule has 0 radical (unpaired) electrons. The number of nitrogens with zero attached hydrogens (tertiary/aromatic N) is 1. The Bertz CT molecular complexity index is 1010. The van der Waals surface area contributed by atoms with Gasteiger partial charge in [0.05, 0.1) is 7.05 Å². The van der Waals surface area contributed by atoms with E-state index in [1.54, 1.807) is 0 Å². The van der Waals surface area contributed by atoms with Gasteiger partial charge in [-0.25, -0.2) is 0 Å². The molecule has 0 aromatic heterocycles. The van der Waals surface area contributed by atoms with Crippen molar-refractivity contribution in [1.29, 1.82) is 0 Å². The van der Waals surface area contributed by atoms with E-state index in [1.165, 1.54) is 16.8 Å². The summed E-state index contributed by atoms with van der Waals surface area (Å²) in [5.74, 6) is 0. The minimum atomic E-state index is -11.2. The van der Waals surface area contributed by atoms with Gasteiger partial charge in [0.2, 0.25) is 0 Å². The zero-order chi connectivity index (χ0) is 28.1. The second-order valence-electron chi connectivity index (χ2n) is 7.94. The van der Waals surface area contributed by atoms with E-state index in [0.29, 0.717) is 0 Å². The van der Waals surface area contributed by atoms with E-state index in [1.807, 2.05) is 0 Å². The second-order valence-corrected chi connectivity index (χ2v) is 15.3. The Balaban J connectivity index is 0.000000383. The molecule has 0 aliphatic rings. The fourth-order valence-electron chi connectivity index (χ4n) is 3.00. The number of hydrogen-bond donors (Lipinski definition) is 0. The van der Waals surface area contributed by atoms with E-state index in [-0.39, 0.29) is 0 Å². The van der Waals surface area contributed by atoms with Crippen LogP contribution in [-0.2, 0) is 13.1 Å². The standard InChI is InChI=1S/C21H22N.F6P.6FH.Sb/c1-22(21-15-9-4-10-16-21,17-19-11-5-2-6-12-19)18-20-13-7-3-8-14-20;1-7(2,3,4,5)6;;;;;;;/h2-16H,17-18H2,1H3;;6*1H;/q+1;-1;;;;;;;+5/p-6. The normalized spacial score (nSPS) is 15.9. The zero-order valence-corrected chi connectivity index (χ0v) is 21.9. The molecule has 0 amide bonds. The van der Waals surface area contributed by atoms with Gasteiger partial charge in [-0.1, -0.05) is 78.9 Å². The molecule has 3 aromatic carbocycles. The van der Waals surface area contributed by atoms with Crippen molar-refractivity contribution in [2.45, 2.75) is 13.1 Å². The molecule has 15 heteroatoms. The van der Waals surface area contributed by atoms with E-state index in [9.17, 15) is 42.1 Å². The van der Waals surface area contributed by atoms with Crippen molar-refractivity contribution in [1.82, 2.24) is 4.48 Å². The van der Waals surface area contributed by atoms with Crippen LogP contribution in [0.4, 0.5) is 47.7 Å². The third kappa shape index (κ3) is 21.3. The van der Waals surface area contributed by atoms with Crippen molar-refractivity contribution in [2.24, 2.45) is 0 Å². The van der Waals surface area contributed by atoms with Gasteiger partial charge in [-0.15, -0.1) is 0 Å². The molecule has 3 rings (SSSR count). The fourth-order valence-corrected chi connectivity index (χ4v) is 3.00. The molecule has 36 heavy (non-hydrogen) atoms. The number of benzene rings is 3. The van der Waals surface area contributed by atoms with Gasteiger partial charge < -0.3 is 0 Å². The Hall–Kier alpha value is -1.97. The first-order valence-electron chi connectivity index (χ1n) is 9.77. The van der Waals surface area contributed by atoms with Gasteiger partial charge in [0, 0.05) is 11.1 Å². The number of rotatable bonds is 5. The van der Waals surface area contributed by atoms with E-state index in [4.69, 9.17) is 0 Å². The van der Waals surface area contributed by atoms with Gasteiger partial charge in [0.25, 0.3) is 0 Å². The molecular formula is C21H22F12NPSb-. The third-order valence-electron chi connectivity index (χ3n) is 4.13. The van der Waals surface area contributed by atoms with Gasteiger partial charge in [0.15, 0.2) is 0 Å². The van der Waals surface area contributed by atoms with Crippen LogP contribution in [0.15, 0.2) is 91.0 Å². The molecule has 0 spiro atoms. The molecule has 0 saturated heterocycles. The average molecular weight is 669 g/mol.